The molecule has 0 saturated carbocycles. The topological polar surface area (TPSA) is 41.9 Å². The van der Waals surface area contributed by atoms with Gasteiger partial charge in [0, 0.05) is 19.7 Å². The third-order valence-corrected chi connectivity index (χ3v) is 3.50. The van der Waals surface area contributed by atoms with Gasteiger partial charge in [0.25, 0.3) is 0 Å². The van der Waals surface area contributed by atoms with E-state index in [9.17, 15) is 5.11 Å². The molecule has 20 heavy (non-hydrogen) atoms. The van der Waals surface area contributed by atoms with Gasteiger partial charge in [-0.2, -0.15) is 0 Å². The molecule has 2 rings (SSSR count). The van der Waals surface area contributed by atoms with E-state index in [1.165, 1.54) is 12.8 Å². The normalized spacial score (nSPS) is 20.9. The minimum Gasteiger partial charge on any atom is -0.491 e. The number of ether oxygens (including phenoxy) is 2. The Balaban J connectivity index is 1.64. The molecule has 0 amide bonds. The first-order valence-corrected chi connectivity index (χ1v) is 7.40. The molecule has 112 valence electrons. The van der Waals surface area contributed by atoms with Crippen molar-refractivity contribution >= 4 is 0 Å². The summed E-state index contributed by atoms with van der Waals surface area (Å²) in [5.74, 6) is 0.796. The van der Waals surface area contributed by atoms with Gasteiger partial charge >= 0.3 is 0 Å². The number of aliphatic hydroxyl groups is 1. The molecule has 1 saturated heterocycles. The Kier molecular flexibility index (Phi) is 6.30. The fourth-order valence-electron chi connectivity index (χ4n) is 2.50. The molecule has 0 spiro atoms. The summed E-state index contributed by atoms with van der Waals surface area (Å²) < 4.78 is 11.3. The van der Waals surface area contributed by atoms with Crippen LogP contribution in [0.4, 0.5) is 0 Å². The lowest BCUT2D eigenvalue weighted by molar-refractivity contribution is -0.0109. The maximum absolute atomic E-state index is 10.0. The molecule has 1 aromatic rings. The van der Waals surface area contributed by atoms with Gasteiger partial charge in [-0.1, -0.05) is 18.2 Å². The van der Waals surface area contributed by atoms with Crippen LogP contribution in [0.25, 0.3) is 0 Å². The highest BCUT2D eigenvalue weighted by molar-refractivity contribution is 5.20. The Hall–Kier alpha value is -1.10. The molecule has 1 fully saturated rings. The van der Waals surface area contributed by atoms with Crippen LogP contribution in [0, 0.1) is 0 Å². The van der Waals surface area contributed by atoms with Crippen molar-refractivity contribution in [1.82, 2.24) is 4.90 Å². The Morgan fingerprint density at radius 2 is 2.15 bits per heavy atom. The van der Waals surface area contributed by atoms with Crippen molar-refractivity contribution in [3.63, 3.8) is 0 Å². The monoisotopic (exact) mass is 279 g/mol. The largest absolute Gasteiger partial charge is 0.491 e. The first kappa shape index (κ1) is 15.3. The van der Waals surface area contributed by atoms with Crippen molar-refractivity contribution in [1.29, 1.82) is 0 Å². The molecule has 1 aliphatic heterocycles. The quantitative estimate of drug-likeness (QED) is 0.828. The molecule has 0 aliphatic carbocycles. The molecule has 1 N–H and O–H groups in total. The van der Waals surface area contributed by atoms with Crippen molar-refractivity contribution < 1.29 is 14.6 Å². The van der Waals surface area contributed by atoms with E-state index in [0.717, 1.165) is 25.3 Å². The van der Waals surface area contributed by atoms with E-state index in [0.29, 0.717) is 19.3 Å². The predicted molar refractivity (Wildman–Crippen MR) is 79.0 cm³/mol. The van der Waals surface area contributed by atoms with Crippen LogP contribution in [-0.2, 0) is 4.74 Å². The predicted octanol–water partition coefficient (Wildman–Crippen LogP) is 1.93. The van der Waals surface area contributed by atoms with Crippen LogP contribution in [0.3, 0.4) is 0 Å². The average Bonchev–Trinajstić information content (AvgIpc) is 2.47. The van der Waals surface area contributed by atoms with Gasteiger partial charge in [0.1, 0.15) is 18.5 Å². The third kappa shape index (κ3) is 5.49. The zero-order valence-corrected chi connectivity index (χ0v) is 12.2. The summed E-state index contributed by atoms with van der Waals surface area (Å²) >= 11 is 0. The lowest BCUT2D eigenvalue weighted by Gasteiger charge is -2.28. The summed E-state index contributed by atoms with van der Waals surface area (Å²) in [6.45, 7) is 2.67. The molecular weight excluding hydrogens is 254 g/mol. The third-order valence-electron chi connectivity index (χ3n) is 3.50. The molecule has 1 aliphatic rings. The lowest BCUT2D eigenvalue weighted by Crippen LogP contribution is -2.39. The van der Waals surface area contributed by atoms with Gasteiger partial charge in [0.05, 0.1) is 6.10 Å². The van der Waals surface area contributed by atoms with E-state index in [1.807, 2.05) is 37.4 Å². The van der Waals surface area contributed by atoms with Gasteiger partial charge in [-0.25, -0.2) is 0 Å². The van der Waals surface area contributed by atoms with Gasteiger partial charge in [0.2, 0.25) is 0 Å². The van der Waals surface area contributed by atoms with Gasteiger partial charge < -0.3 is 19.5 Å². The standard InChI is InChI=1S/C16H25NO3/c1-17(12-16-9-5-6-10-19-16)11-14(18)13-20-15-7-3-2-4-8-15/h2-4,7-8,14,16,18H,5-6,9-13H2,1H3. The fraction of sp³-hybridized carbons (Fsp3) is 0.625. The van der Waals surface area contributed by atoms with E-state index < -0.39 is 6.10 Å². The molecular formula is C16H25NO3. The second-order valence-electron chi connectivity index (χ2n) is 5.49. The van der Waals surface area contributed by atoms with Crippen LogP contribution in [-0.4, -0.2) is 55.6 Å². The first-order valence-electron chi connectivity index (χ1n) is 7.40. The smallest absolute Gasteiger partial charge is 0.119 e. The summed E-state index contributed by atoms with van der Waals surface area (Å²) in [4.78, 5) is 2.12. The molecule has 0 bridgehead atoms. The average molecular weight is 279 g/mol. The van der Waals surface area contributed by atoms with Crippen LogP contribution in [0.2, 0.25) is 0 Å². The van der Waals surface area contributed by atoms with E-state index in [1.54, 1.807) is 0 Å². The van der Waals surface area contributed by atoms with Crippen LogP contribution in [0.15, 0.2) is 30.3 Å². The van der Waals surface area contributed by atoms with E-state index in [4.69, 9.17) is 9.47 Å². The Morgan fingerprint density at radius 3 is 2.85 bits per heavy atom. The number of para-hydroxylation sites is 1. The van der Waals surface area contributed by atoms with Gasteiger partial charge in [-0.3, -0.25) is 0 Å². The second-order valence-corrected chi connectivity index (χ2v) is 5.49. The number of benzene rings is 1. The van der Waals surface area contributed by atoms with Crippen molar-refractivity contribution in [3.8, 4) is 5.75 Å². The molecule has 1 aromatic carbocycles. The van der Waals surface area contributed by atoms with E-state index in [-0.39, 0.29) is 0 Å². The minimum absolute atomic E-state index is 0.316. The summed E-state index contributed by atoms with van der Waals surface area (Å²) in [6, 6.07) is 9.59. The molecule has 4 nitrogen and oxygen atoms in total. The van der Waals surface area contributed by atoms with Crippen molar-refractivity contribution in [3.05, 3.63) is 30.3 Å². The maximum Gasteiger partial charge on any atom is 0.119 e. The molecule has 1 heterocycles. The highest BCUT2D eigenvalue weighted by atomic mass is 16.5. The number of hydrogen-bond donors (Lipinski definition) is 1. The minimum atomic E-state index is -0.483. The number of rotatable bonds is 7. The molecule has 4 heteroatoms. The fourth-order valence-corrected chi connectivity index (χ4v) is 2.50. The van der Waals surface area contributed by atoms with Crippen LogP contribution in [0.1, 0.15) is 19.3 Å². The summed E-state index contributed by atoms with van der Waals surface area (Å²) in [6.07, 6.45) is 3.38. The Morgan fingerprint density at radius 1 is 1.35 bits per heavy atom. The maximum atomic E-state index is 10.0. The second kappa shape index (κ2) is 8.25. The van der Waals surface area contributed by atoms with Crippen LogP contribution < -0.4 is 4.74 Å². The molecule has 2 unspecified atom stereocenters. The van der Waals surface area contributed by atoms with Crippen LogP contribution in [0.5, 0.6) is 5.75 Å². The van der Waals surface area contributed by atoms with Crippen molar-refractivity contribution in [2.45, 2.75) is 31.5 Å². The van der Waals surface area contributed by atoms with Gasteiger partial charge in [-0.15, -0.1) is 0 Å². The van der Waals surface area contributed by atoms with Crippen molar-refractivity contribution in [2.75, 3.05) is 33.4 Å². The number of aliphatic hydroxyl groups excluding tert-OH is 1. The zero-order valence-electron chi connectivity index (χ0n) is 12.2. The summed E-state index contributed by atoms with van der Waals surface area (Å²) in [7, 11) is 2.02. The van der Waals surface area contributed by atoms with Gasteiger partial charge in [-0.05, 0) is 38.4 Å². The SMILES string of the molecule is CN(CC(O)COc1ccccc1)CC1CCCCO1. The Bertz CT molecular complexity index is 365. The summed E-state index contributed by atoms with van der Waals surface area (Å²) in [5, 5.41) is 10.0. The zero-order chi connectivity index (χ0) is 14.2. The first-order chi connectivity index (χ1) is 9.74. The van der Waals surface area contributed by atoms with Crippen molar-refractivity contribution in [2.24, 2.45) is 0 Å². The molecule has 0 radical (unpaired) electrons. The summed E-state index contributed by atoms with van der Waals surface area (Å²) in [5.41, 5.74) is 0. The molecule has 2 atom stereocenters. The number of nitrogens with zero attached hydrogens (tertiary/aromatic N) is 1. The lowest BCUT2D eigenvalue weighted by atomic mass is 10.1. The Labute approximate surface area is 121 Å². The number of hydrogen-bond acceptors (Lipinski definition) is 4. The number of likely N-dealkylation sites (N-methyl/N-ethyl adjacent to an activating group) is 1. The highest BCUT2D eigenvalue weighted by Crippen LogP contribution is 2.13. The van der Waals surface area contributed by atoms with Crippen LogP contribution >= 0.6 is 0 Å². The van der Waals surface area contributed by atoms with E-state index in [2.05, 4.69) is 4.90 Å². The molecule has 0 aromatic heterocycles. The van der Waals surface area contributed by atoms with E-state index >= 15 is 0 Å². The highest BCUT2D eigenvalue weighted by Gasteiger charge is 2.17. The van der Waals surface area contributed by atoms with Gasteiger partial charge in [0.15, 0.2) is 0 Å².